The maximum Gasteiger partial charge on any atom is 0.411 e. The predicted octanol–water partition coefficient (Wildman–Crippen LogP) is 2.61. The first kappa shape index (κ1) is 13.4. The molecule has 0 atom stereocenters. The Kier molecular flexibility index (Phi) is 3.14. The predicted molar refractivity (Wildman–Crippen MR) is 57.5 cm³/mol. The fourth-order valence-electron chi connectivity index (χ4n) is 1.40. The average Bonchev–Trinajstić information content (AvgIpc) is 3.01. The number of carbonyl (C=O) groups excluding carboxylic acids is 1. The number of hydrogen-bond acceptors (Lipinski definition) is 3. The van der Waals surface area contributed by atoms with Crippen LogP contribution in [0, 0.1) is 0 Å². The summed E-state index contributed by atoms with van der Waals surface area (Å²) in [4.78, 5) is 11.7. The van der Waals surface area contributed by atoms with Gasteiger partial charge in [0.1, 0.15) is 5.54 Å². The molecule has 1 heterocycles. The van der Waals surface area contributed by atoms with E-state index in [0.717, 1.165) is 6.07 Å². The molecule has 0 bridgehead atoms. The number of nitrogens with one attached hydrogen (secondary N) is 1. The molecular weight excluding hydrogens is 294 g/mol. The summed E-state index contributed by atoms with van der Waals surface area (Å²) in [7, 11) is 0. The maximum atomic E-state index is 12.7. The van der Waals surface area contributed by atoms with Gasteiger partial charge in [-0.15, -0.1) is 10.2 Å². The van der Waals surface area contributed by atoms with E-state index < -0.39 is 17.6 Å². The number of carbonyl (C=O) groups is 1. The first-order valence-electron chi connectivity index (χ1n) is 4.83. The Bertz CT molecular complexity index is 502. The Hall–Kier alpha value is -1.08. The molecule has 1 amide bonds. The summed E-state index contributed by atoms with van der Waals surface area (Å²) in [5.41, 5.74) is -2.38. The Morgan fingerprint density at radius 1 is 1.33 bits per heavy atom. The second-order valence-electron chi connectivity index (χ2n) is 3.91. The molecule has 1 aliphatic rings. The van der Waals surface area contributed by atoms with Crippen LogP contribution in [0.15, 0.2) is 6.07 Å². The van der Waals surface area contributed by atoms with Crippen molar-refractivity contribution in [3.63, 3.8) is 0 Å². The minimum atomic E-state index is -4.49. The van der Waals surface area contributed by atoms with Crippen molar-refractivity contribution < 1.29 is 18.0 Å². The molecule has 1 fully saturated rings. The van der Waals surface area contributed by atoms with Gasteiger partial charge in [-0.25, -0.2) is 0 Å². The second-order valence-corrected chi connectivity index (χ2v) is 4.65. The lowest BCUT2D eigenvalue weighted by molar-refractivity contribution is -0.163. The molecule has 0 radical (unpaired) electrons. The summed E-state index contributed by atoms with van der Waals surface area (Å²) in [6, 6.07) is 1.07. The van der Waals surface area contributed by atoms with Crippen molar-refractivity contribution in [2.75, 3.05) is 0 Å². The molecule has 2 rings (SSSR count). The van der Waals surface area contributed by atoms with E-state index in [2.05, 4.69) is 10.2 Å². The molecule has 4 nitrogen and oxygen atoms in total. The maximum absolute atomic E-state index is 12.7. The van der Waals surface area contributed by atoms with Gasteiger partial charge in [0.15, 0.2) is 10.3 Å². The molecule has 98 valence electrons. The Labute approximate surface area is 109 Å². The summed E-state index contributed by atoms with van der Waals surface area (Å²) in [6.45, 7) is 0. The Morgan fingerprint density at radius 2 is 1.94 bits per heavy atom. The smallest absolute Gasteiger partial charge is 0.338 e. The van der Waals surface area contributed by atoms with Crippen LogP contribution in [0.5, 0.6) is 0 Å². The van der Waals surface area contributed by atoms with Gasteiger partial charge in [-0.1, -0.05) is 23.2 Å². The second kappa shape index (κ2) is 4.24. The Morgan fingerprint density at radius 3 is 2.44 bits per heavy atom. The lowest BCUT2D eigenvalue weighted by Gasteiger charge is -2.20. The summed E-state index contributed by atoms with van der Waals surface area (Å²) < 4.78 is 38.0. The van der Waals surface area contributed by atoms with E-state index in [1.54, 1.807) is 0 Å². The molecule has 0 unspecified atom stereocenters. The van der Waals surface area contributed by atoms with Gasteiger partial charge in [0, 0.05) is 0 Å². The summed E-state index contributed by atoms with van der Waals surface area (Å²) >= 11 is 11.1. The first-order chi connectivity index (χ1) is 8.25. The number of hydrogen-bond donors (Lipinski definition) is 1. The van der Waals surface area contributed by atoms with Crippen molar-refractivity contribution in [1.29, 1.82) is 0 Å². The highest BCUT2D eigenvalue weighted by molar-refractivity contribution is 6.34. The Balaban J connectivity index is 2.21. The summed E-state index contributed by atoms with van der Waals surface area (Å²) in [5.74, 6) is -0.966. The zero-order chi connectivity index (χ0) is 13.6. The van der Waals surface area contributed by atoms with Gasteiger partial charge < -0.3 is 5.32 Å². The van der Waals surface area contributed by atoms with Crippen LogP contribution in [-0.4, -0.2) is 27.8 Å². The topological polar surface area (TPSA) is 54.9 Å². The van der Waals surface area contributed by atoms with Crippen molar-refractivity contribution in [2.45, 2.75) is 24.6 Å². The SMILES string of the molecule is O=C(NC1(C(F)(F)F)CC1)c1cc(Cl)nnc1Cl. The van der Waals surface area contributed by atoms with Crippen LogP contribution in [0.2, 0.25) is 10.3 Å². The molecule has 0 aromatic carbocycles. The van der Waals surface area contributed by atoms with Crippen LogP contribution in [0.3, 0.4) is 0 Å². The summed E-state index contributed by atoms with van der Waals surface area (Å²) in [6.07, 6.45) is -4.78. The molecule has 1 aromatic rings. The van der Waals surface area contributed by atoms with E-state index in [9.17, 15) is 18.0 Å². The van der Waals surface area contributed by atoms with E-state index in [-0.39, 0.29) is 28.7 Å². The quantitative estimate of drug-likeness (QED) is 0.913. The zero-order valence-corrected chi connectivity index (χ0v) is 10.2. The van der Waals surface area contributed by atoms with Crippen LogP contribution >= 0.6 is 23.2 Å². The van der Waals surface area contributed by atoms with E-state index in [1.807, 2.05) is 5.32 Å². The number of alkyl halides is 3. The molecule has 0 spiro atoms. The van der Waals surface area contributed by atoms with Gasteiger partial charge in [0.2, 0.25) is 0 Å². The average molecular weight is 300 g/mol. The molecule has 18 heavy (non-hydrogen) atoms. The molecule has 1 aliphatic carbocycles. The largest absolute Gasteiger partial charge is 0.411 e. The van der Waals surface area contributed by atoms with Gasteiger partial charge in [0.05, 0.1) is 5.56 Å². The van der Waals surface area contributed by atoms with Crippen LogP contribution in [0.4, 0.5) is 13.2 Å². The molecule has 1 N–H and O–H groups in total. The van der Waals surface area contributed by atoms with Crippen molar-refractivity contribution in [3.8, 4) is 0 Å². The van der Waals surface area contributed by atoms with Crippen LogP contribution in [-0.2, 0) is 0 Å². The van der Waals surface area contributed by atoms with Crippen LogP contribution in [0.25, 0.3) is 0 Å². The highest BCUT2D eigenvalue weighted by atomic mass is 35.5. The van der Waals surface area contributed by atoms with Gasteiger partial charge in [-0.3, -0.25) is 4.79 Å². The van der Waals surface area contributed by atoms with E-state index in [4.69, 9.17) is 23.2 Å². The number of rotatable bonds is 2. The van der Waals surface area contributed by atoms with Gasteiger partial charge >= 0.3 is 6.18 Å². The van der Waals surface area contributed by atoms with Crippen LogP contribution in [0.1, 0.15) is 23.2 Å². The van der Waals surface area contributed by atoms with E-state index in [0.29, 0.717) is 0 Å². The minimum absolute atomic E-state index is 0.124. The molecule has 1 aromatic heterocycles. The van der Waals surface area contributed by atoms with Crippen molar-refractivity contribution >= 4 is 29.1 Å². The monoisotopic (exact) mass is 299 g/mol. The first-order valence-corrected chi connectivity index (χ1v) is 5.59. The third kappa shape index (κ3) is 2.37. The number of aromatic nitrogens is 2. The standard InChI is InChI=1S/C9H6Cl2F3N3O/c10-5-3-4(6(11)17-16-5)7(18)15-8(1-2-8)9(12,13)14/h3H,1-2H2,(H,15,18). The number of amides is 1. The number of halogens is 5. The van der Waals surface area contributed by atoms with E-state index >= 15 is 0 Å². The van der Waals surface area contributed by atoms with Crippen molar-refractivity contribution in [2.24, 2.45) is 0 Å². The third-order valence-electron chi connectivity index (χ3n) is 2.61. The normalized spacial score (nSPS) is 17.4. The fourth-order valence-corrected chi connectivity index (χ4v) is 1.73. The number of nitrogens with zero attached hydrogens (tertiary/aromatic N) is 2. The lowest BCUT2D eigenvalue weighted by Crippen LogP contribution is -2.47. The molecule has 9 heteroatoms. The lowest BCUT2D eigenvalue weighted by atomic mass is 10.2. The van der Waals surface area contributed by atoms with E-state index in [1.165, 1.54) is 0 Å². The molecule has 0 saturated heterocycles. The van der Waals surface area contributed by atoms with Crippen LogP contribution < -0.4 is 5.32 Å². The van der Waals surface area contributed by atoms with Gasteiger partial charge in [-0.05, 0) is 18.9 Å². The fraction of sp³-hybridized carbons (Fsp3) is 0.444. The zero-order valence-electron chi connectivity index (χ0n) is 8.68. The molecular formula is C9H6Cl2F3N3O. The highest BCUT2D eigenvalue weighted by Gasteiger charge is 2.64. The van der Waals surface area contributed by atoms with Crippen molar-refractivity contribution in [1.82, 2.24) is 15.5 Å². The summed E-state index contributed by atoms with van der Waals surface area (Å²) in [5, 5.41) is 8.21. The molecule has 0 aliphatic heterocycles. The van der Waals surface area contributed by atoms with Crippen molar-refractivity contribution in [3.05, 3.63) is 21.9 Å². The van der Waals surface area contributed by atoms with Gasteiger partial charge in [0.25, 0.3) is 5.91 Å². The van der Waals surface area contributed by atoms with Gasteiger partial charge in [-0.2, -0.15) is 13.2 Å². The minimum Gasteiger partial charge on any atom is -0.338 e. The molecule has 1 saturated carbocycles. The highest BCUT2D eigenvalue weighted by Crippen LogP contribution is 2.49. The third-order valence-corrected chi connectivity index (χ3v) is 3.07.